The number of hydrogen-bond donors (Lipinski definition) is 2. The molecule has 0 unspecified atom stereocenters. The minimum absolute atomic E-state index is 0.0916. The van der Waals surface area contributed by atoms with Crippen LogP contribution in [0.2, 0.25) is 0 Å². The molecule has 0 radical (unpaired) electrons. The van der Waals surface area contributed by atoms with Gasteiger partial charge in [0, 0.05) is 17.3 Å². The fraction of sp³-hybridized carbons (Fsp3) is 0.412. The molecular formula is C17H21N5OS3. The average Bonchev–Trinajstić information content (AvgIpc) is 3.31. The van der Waals surface area contributed by atoms with Crippen molar-refractivity contribution in [3.05, 3.63) is 43.1 Å². The van der Waals surface area contributed by atoms with Gasteiger partial charge in [0.2, 0.25) is 0 Å². The molecule has 0 aliphatic heterocycles. The van der Waals surface area contributed by atoms with Crippen molar-refractivity contribution in [3.8, 4) is 0 Å². The van der Waals surface area contributed by atoms with Gasteiger partial charge in [-0.2, -0.15) is 5.10 Å². The predicted octanol–water partition coefficient (Wildman–Crippen LogP) is 4.35. The van der Waals surface area contributed by atoms with E-state index in [1.54, 1.807) is 11.3 Å². The molecule has 0 saturated carbocycles. The lowest BCUT2D eigenvalue weighted by atomic mass is 10.1. The molecule has 0 fully saturated rings. The molecule has 3 aromatic heterocycles. The molecule has 0 saturated heterocycles. The van der Waals surface area contributed by atoms with Crippen molar-refractivity contribution in [2.24, 2.45) is 7.05 Å². The Morgan fingerprint density at radius 1 is 1.42 bits per heavy atom. The standard InChI is InChI=1S/C17H21N5OS3/c1-4-6-12-10(5-2)7-13(26-12)15(23)19-16-18-11(9-25-16)8-14-20-21-17(24)22(14)3/h7,9H,4-6,8H2,1-3H3,(H,21,24)(H,18,19,23). The monoisotopic (exact) mass is 407 g/mol. The van der Waals surface area contributed by atoms with E-state index in [-0.39, 0.29) is 5.91 Å². The summed E-state index contributed by atoms with van der Waals surface area (Å²) in [6, 6.07) is 2.01. The number of aromatic nitrogens is 4. The number of amides is 1. The highest BCUT2D eigenvalue weighted by Crippen LogP contribution is 2.26. The number of nitrogens with zero attached hydrogens (tertiary/aromatic N) is 3. The molecule has 0 aliphatic rings. The smallest absolute Gasteiger partial charge is 0.267 e. The van der Waals surface area contributed by atoms with Gasteiger partial charge in [-0.15, -0.1) is 22.7 Å². The Morgan fingerprint density at radius 3 is 2.88 bits per heavy atom. The lowest BCUT2D eigenvalue weighted by Gasteiger charge is -1.99. The van der Waals surface area contributed by atoms with Gasteiger partial charge >= 0.3 is 0 Å². The van der Waals surface area contributed by atoms with Crippen LogP contribution in [0.4, 0.5) is 5.13 Å². The quantitative estimate of drug-likeness (QED) is 0.571. The second-order valence-corrected chi connectivity index (χ2v) is 8.32. The van der Waals surface area contributed by atoms with E-state index in [2.05, 4.69) is 34.3 Å². The number of carbonyl (C=O) groups excluding carboxylic acids is 1. The number of rotatable bonds is 7. The summed E-state index contributed by atoms with van der Waals surface area (Å²) in [6.45, 7) is 4.28. The van der Waals surface area contributed by atoms with Crippen molar-refractivity contribution in [1.82, 2.24) is 19.7 Å². The third-order valence-electron chi connectivity index (χ3n) is 4.06. The van der Waals surface area contributed by atoms with Crippen LogP contribution in [0.1, 0.15) is 51.9 Å². The minimum Gasteiger partial charge on any atom is -0.307 e. The number of thiophene rings is 1. The fourth-order valence-electron chi connectivity index (χ4n) is 2.62. The van der Waals surface area contributed by atoms with Crippen LogP contribution >= 0.6 is 34.9 Å². The van der Waals surface area contributed by atoms with Crippen molar-refractivity contribution in [2.45, 2.75) is 39.5 Å². The minimum atomic E-state index is -0.0916. The zero-order valence-electron chi connectivity index (χ0n) is 15.0. The molecule has 26 heavy (non-hydrogen) atoms. The average molecular weight is 408 g/mol. The Balaban J connectivity index is 1.69. The molecule has 0 aromatic carbocycles. The number of thiazole rings is 1. The van der Waals surface area contributed by atoms with E-state index in [9.17, 15) is 4.79 Å². The summed E-state index contributed by atoms with van der Waals surface area (Å²) in [5, 5.41) is 12.4. The molecule has 0 spiro atoms. The molecule has 3 rings (SSSR count). The maximum absolute atomic E-state index is 12.6. The van der Waals surface area contributed by atoms with Gasteiger partial charge < -0.3 is 4.57 Å². The Hall–Kier alpha value is -1.84. The summed E-state index contributed by atoms with van der Waals surface area (Å²) in [5.74, 6) is 0.722. The highest BCUT2D eigenvalue weighted by Gasteiger charge is 2.15. The fourth-order valence-corrected chi connectivity index (χ4v) is 4.73. The third-order valence-corrected chi connectivity index (χ3v) is 6.47. The highest BCUT2D eigenvalue weighted by atomic mass is 32.1. The molecule has 9 heteroatoms. The van der Waals surface area contributed by atoms with Crippen LogP contribution in [-0.2, 0) is 26.3 Å². The Kier molecular flexibility index (Phi) is 6.00. The number of aryl methyl sites for hydroxylation is 2. The summed E-state index contributed by atoms with van der Waals surface area (Å²) in [6.07, 6.45) is 3.62. The molecule has 0 atom stereocenters. The van der Waals surface area contributed by atoms with Crippen molar-refractivity contribution in [3.63, 3.8) is 0 Å². The van der Waals surface area contributed by atoms with Crippen molar-refractivity contribution < 1.29 is 4.79 Å². The number of nitrogens with one attached hydrogen (secondary N) is 2. The van der Waals surface area contributed by atoms with E-state index in [1.165, 1.54) is 21.8 Å². The molecule has 3 heterocycles. The van der Waals surface area contributed by atoms with Gasteiger partial charge in [0.25, 0.3) is 5.91 Å². The van der Waals surface area contributed by atoms with Gasteiger partial charge in [-0.25, -0.2) is 4.98 Å². The maximum atomic E-state index is 12.6. The second-order valence-electron chi connectivity index (χ2n) is 5.94. The molecule has 0 aliphatic carbocycles. The molecule has 3 aromatic rings. The first-order valence-corrected chi connectivity index (χ1v) is 10.6. The molecule has 2 N–H and O–H groups in total. The zero-order chi connectivity index (χ0) is 18.7. The molecule has 138 valence electrons. The van der Waals surface area contributed by atoms with E-state index < -0.39 is 0 Å². The normalized spacial score (nSPS) is 11.0. The van der Waals surface area contributed by atoms with E-state index in [0.29, 0.717) is 16.3 Å². The summed E-state index contributed by atoms with van der Waals surface area (Å²) in [4.78, 5) is 19.1. The summed E-state index contributed by atoms with van der Waals surface area (Å²) in [5.41, 5.74) is 2.13. The maximum Gasteiger partial charge on any atom is 0.267 e. The van der Waals surface area contributed by atoms with E-state index in [4.69, 9.17) is 12.2 Å². The lowest BCUT2D eigenvalue weighted by Crippen LogP contribution is -2.10. The Labute approximate surface area is 165 Å². The first-order chi connectivity index (χ1) is 12.5. The lowest BCUT2D eigenvalue weighted by molar-refractivity contribution is 0.103. The number of anilines is 1. The van der Waals surface area contributed by atoms with E-state index >= 15 is 0 Å². The van der Waals surface area contributed by atoms with E-state index in [0.717, 1.165) is 35.7 Å². The van der Waals surface area contributed by atoms with Crippen LogP contribution < -0.4 is 5.32 Å². The molecular weight excluding hydrogens is 386 g/mol. The summed E-state index contributed by atoms with van der Waals surface area (Å²) < 4.78 is 2.40. The first-order valence-electron chi connectivity index (χ1n) is 8.49. The topological polar surface area (TPSA) is 75.6 Å². The zero-order valence-corrected chi connectivity index (χ0v) is 17.4. The van der Waals surface area contributed by atoms with Crippen LogP contribution in [-0.4, -0.2) is 25.7 Å². The third kappa shape index (κ3) is 4.11. The van der Waals surface area contributed by atoms with Gasteiger partial charge in [-0.1, -0.05) is 20.3 Å². The number of aromatic amines is 1. The van der Waals surface area contributed by atoms with Crippen LogP contribution in [0.25, 0.3) is 0 Å². The predicted molar refractivity (Wildman–Crippen MR) is 109 cm³/mol. The van der Waals surface area contributed by atoms with Crippen LogP contribution in [0, 0.1) is 4.77 Å². The van der Waals surface area contributed by atoms with Crippen LogP contribution in [0.5, 0.6) is 0 Å². The first kappa shape index (κ1) is 18.9. The molecule has 6 nitrogen and oxygen atoms in total. The van der Waals surface area contributed by atoms with Gasteiger partial charge in [-0.3, -0.25) is 15.2 Å². The Bertz CT molecular complexity index is 965. The van der Waals surface area contributed by atoms with Gasteiger partial charge in [-0.05, 0) is 36.7 Å². The molecule has 1 amide bonds. The summed E-state index contributed by atoms with van der Waals surface area (Å²) >= 11 is 8.12. The number of hydrogen-bond acceptors (Lipinski definition) is 6. The number of H-pyrrole nitrogens is 1. The van der Waals surface area contributed by atoms with Gasteiger partial charge in [0.15, 0.2) is 9.90 Å². The second kappa shape index (κ2) is 8.24. The van der Waals surface area contributed by atoms with Crippen molar-refractivity contribution >= 4 is 45.9 Å². The number of carbonyl (C=O) groups is 1. The van der Waals surface area contributed by atoms with Crippen LogP contribution in [0.15, 0.2) is 11.4 Å². The molecule has 0 bridgehead atoms. The Morgan fingerprint density at radius 2 is 2.23 bits per heavy atom. The van der Waals surface area contributed by atoms with Crippen molar-refractivity contribution in [2.75, 3.05) is 5.32 Å². The van der Waals surface area contributed by atoms with Crippen molar-refractivity contribution in [1.29, 1.82) is 0 Å². The SMILES string of the molecule is CCCc1sc(C(=O)Nc2nc(Cc3n[nH]c(=S)n3C)cs2)cc1CC. The largest absolute Gasteiger partial charge is 0.307 e. The highest BCUT2D eigenvalue weighted by molar-refractivity contribution is 7.71. The van der Waals surface area contributed by atoms with Gasteiger partial charge in [0.1, 0.15) is 5.82 Å². The summed E-state index contributed by atoms with van der Waals surface area (Å²) in [7, 11) is 1.87. The van der Waals surface area contributed by atoms with E-state index in [1.807, 2.05) is 23.1 Å². The van der Waals surface area contributed by atoms with Gasteiger partial charge in [0.05, 0.1) is 17.0 Å². The van der Waals surface area contributed by atoms with Crippen LogP contribution in [0.3, 0.4) is 0 Å².